The van der Waals surface area contributed by atoms with Gasteiger partial charge in [-0.15, -0.1) is 0 Å². The number of carbonyl (C=O) groups is 1. The van der Waals surface area contributed by atoms with Gasteiger partial charge >= 0.3 is 0 Å². The lowest BCUT2D eigenvalue weighted by molar-refractivity contribution is 0.0958. The first-order valence-corrected chi connectivity index (χ1v) is 6.82. The standard InChI is InChI=1S/C19H21NO/c1-4-9-16(2)13-14-17(3)10-8-15-20-19(21)18-11-6-5-7-12-18/h4-14H,2-3,15H2,1H3,(H,20,21)/b9-4-,10-8-,14-13-. The second-order valence-corrected chi connectivity index (χ2v) is 4.46. The molecule has 0 saturated carbocycles. The van der Waals surface area contributed by atoms with Gasteiger partial charge in [-0.25, -0.2) is 0 Å². The first-order chi connectivity index (χ1) is 10.1. The summed E-state index contributed by atoms with van der Waals surface area (Å²) >= 11 is 0. The first-order valence-electron chi connectivity index (χ1n) is 6.82. The van der Waals surface area contributed by atoms with Gasteiger partial charge in [0.2, 0.25) is 0 Å². The quantitative estimate of drug-likeness (QED) is 0.744. The minimum atomic E-state index is -0.0807. The van der Waals surface area contributed by atoms with Crippen LogP contribution in [0.25, 0.3) is 0 Å². The molecular formula is C19H21NO. The Morgan fingerprint density at radius 2 is 1.67 bits per heavy atom. The number of amides is 1. The van der Waals surface area contributed by atoms with Gasteiger partial charge in [0.05, 0.1) is 0 Å². The second kappa shape index (κ2) is 9.32. The van der Waals surface area contributed by atoms with E-state index in [4.69, 9.17) is 0 Å². The Kier molecular flexibility index (Phi) is 7.30. The largest absolute Gasteiger partial charge is 0.349 e. The topological polar surface area (TPSA) is 29.1 Å². The second-order valence-electron chi connectivity index (χ2n) is 4.46. The average molecular weight is 279 g/mol. The predicted octanol–water partition coefficient (Wildman–Crippen LogP) is 4.22. The summed E-state index contributed by atoms with van der Waals surface area (Å²) in [6, 6.07) is 9.14. The van der Waals surface area contributed by atoms with Crippen molar-refractivity contribution in [1.82, 2.24) is 5.32 Å². The van der Waals surface area contributed by atoms with Crippen LogP contribution < -0.4 is 5.32 Å². The van der Waals surface area contributed by atoms with Crippen LogP contribution in [0.1, 0.15) is 17.3 Å². The molecule has 0 aliphatic heterocycles. The third-order valence-corrected chi connectivity index (χ3v) is 2.64. The van der Waals surface area contributed by atoms with Crippen molar-refractivity contribution in [2.75, 3.05) is 6.54 Å². The van der Waals surface area contributed by atoms with Gasteiger partial charge in [0, 0.05) is 12.1 Å². The Hall–Kier alpha value is -2.61. The van der Waals surface area contributed by atoms with Crippen LogP contribution in [0.3, 0.4) is 0 Å². The average Bonchev–Trinajstić information content (AvgIpc) is 2.50. The van der Waals surface area contributed by atoms with E-state index in [-0.39, 0.29) is 5.91 Å². The molecule has 0 aliphatic carbocycles. The summed E-state index contributed by atoms with van der Waals surface area (Å²) < 4.78 is 0. The zero-order valence-electron chi connectivity index (χ0n) is 12.4. The molecule has 0 spiro atoms. The van der Waals surface area contributed by atoms with Crippen LogP contribution in [0.5, 0.6) is 0 Å². The van der Waals surface area contributed by atoms with E-state index in [1.54, 1.807) is 12.1 Å². The molecule has 1 aromatic rings. The van der Waals surface area contributed by atoms with Gasteiger partial charge in [0.25, 0.3) is 5.91 Å². The fourth-order valence-electron chi connectivity index (χ4n) is 1.59. The Morgan fingerprint density at radius 1 is 1.05 bits per heavy atom. The van der Waals surface area contributed by atoms with Crippen molar-refractivity contribution in [1.29, 1.82) is 0 Å². The molecule has 1 rings (SSSR count). The summed E-state index contributed by atoms with van der Waals surface area (Å²) in [5.74, 6) is -0.0807. The Bertz CT molecular complexity index is 577. The van der Waals surface area contributed by atoms with Gasteiger partial charge in [0.15, 0.2) is 0 Å². The lowest BCUT2D eigenvalue weighted by atomic mass is 10.2. The van der Waals surface area contributed by atoms with E-state index in [1.165, 1.54) is 0 Å². The zero-order chi connectivity index (χ0) is 15.5. The molecule has 2 heteroatoms. The molecule has 1 aromatic carbocycles. The minimum Gasteiger partial charge on any atom is -0.349 e. The van der Waals surface area contributed by atoms with Gasteiger partial charge in [-0.2, -0.15) is 0 Å². The van der Waals surface area contributed by atoms with E-state index in [1.807, 2.05) is 61.6 Å². The highest BCUT2D eigenvalue weighted by molar-refractivity contribution is 5.94. The van der Waals surface area contributed by atoms with Crippen LogP contribution in [0.15, 0.2) is 91.1 Å². The summed E-state index contributed by atoms with van der Waals surface area (Å²) in [6.45, 7) is 10.2. The molecule has 1 N–H and O–H groups in total. The summed E-state index contributed by atoms with van der Waals surface area (Å²) in [7, 11) is 0. The van der Waals surface area contributed by atoms with E-state index >= 15 is 0 Å². The molecule has 0 aromatic heterocycles. The Balaban J connectivity index is 2.36. The van der Waals surface area contributed by atoms with E-state index < -0.39 is 0 Å². The maximum Gasteiger partial charge on any atom is 0.251 e. The number of hydrogen-bond donors (Lipinski definition) is 1. The van der Waals surface area contributed by atoms with Crippen LogP contribution >= 0.6 is 0 Å². The molecule has 0 unspecified atom stereocenters. The van der Waals surface area contributed by atoms with E-state index in [0.717, 1.165) is 11.1 Å². The Labute approximate surface area is 126 Å². The highest BCUT2D eigenvalue weighted by Gasteiger charge is 2.00. The number of hydrogen-bond acceptors (Lipinski definition) is 1. The fraction of sp³-hybridized carbons (Fsp3) is 0.105. The van der Waals surface area contributed by atoms with Crippen molar-refractivity contribution in [2.24, 2.45) is 0 Å². The minimum absolute atomic E-state index is 0.0807. The SMILES string of the molecule is C=C(/C=C\C)/C=C\C(=C)/C=C\CNC(=O)c1ccccc1. The van der Waals surface area contributed by atoms with Gasteiger partial charge in [0.1, 0.15) is 0 Å². The number of carbonyl (C=O) groups excluding carboxylic acids is 1. The van der Waals surface area contributed by atoms with Crippen molar-refractivity contribution in [3.63, 3.8) is 0 Å². The summed E-state index contributed by atoms with van der Waals surface area (Å²) in [5, 5.41) is 2.82. The summed E-state index contributed by atoms with van der Waals surface area (Å²) in [6.07, 6.45) is 11.4. The van der Waals surface area contributed by atoms with Crippen LogP contribution in [0.4, 0.5) is 0 Å². The van der Waals surface area contributed by atoms with Crippen LogP contribution in [0, 0.1) is 0 Å². The van der Waals surface area contributed by atoms with Gasteiger partial charge in [-0.05, 0) is 30.2 Å². The molecule has 0 fully saturated rings. The Morgan fingerprint density at radius 3 is 2.29 bits per heavy atom. The number of nitrogens with one attached hydrogen (secondary N) is 1. The molecule has 0 aliphatic rings. The van der Waals surface area contributed by atoms with Crippen LogP contribution in [-0.2, 0) is 0 Å². The van der Waals surface area contributed by atoms with Crippen molar-refractivity contribution >= 4 is 5.91 Å². The fourth-order valence-corrected chi connectivity index (χ4v) is 1.59. The third kappa shape index (κ3) is 6.92. The molecule has 0 heterocycles. The smallest absolute Gasteiger partial charge is 0.251 e. The normalized spacial score (nSPS) is 11.3. The maximum atomic E-state index is 11.8. The first kappa shape index (κ1) is 16.4. The highest BCUT2D eigenvalue weighted by atomic mass is 16.1. The van der Waals surface area contributed by atoms with Crippen molar-refractivity contribution < 1.29 is 4.79 Å². The van der Waals surface area contributed by atoms with Gasteiger partial charge in [-0.1, -0.05) is 67.8 Å². The monoisotopic (exact) mass is 279 g/mol. The molecule has 2 nitrogen and oxygen atoms in total. The lowest BCUT2D eigenvalue weighted by Gasteiger charge is -2.01. The number of benzene rings is 1. The molecule has 108 valence electrons. The molecule has 0 radical (unpaired) electrons. The van der Waals surface area contributed by atoms with E-state index in [9.17, 15) is 4.79 Å². The summed E-state index contributed by atoms with van der Waals surface area (Å²) in [5.41, 5.74) is 2.44. The zero-order valence-corrected chi connectivity index (χ0v) is 12.4. The van der Waals surface area contributed by atoms with Crippen molar-refractivity contribution in [2.45, 2.75) is 6.92 Å². The molecule has 0 bridgehead atoms. The summed E-state index contributed by atoms with van der Waals surface area (Å²) in [4.78, 5) is 11.8. The van der Waals surface area contributed by atoms with E-state index in [2.05, 4.69) is 18.5 Å². The van der Waals surface area contributed by atoms with Gasteiger partial charge in [-0.3, -0.25) is 4.79 Å². The molecular weight excluding hydrogens is 258 g/mol. The van der Waals surface area contributed by atoms with Gasteiger partial charge < -0.3 is 5.32 Å². The van der Waals surface area contributed by atoms with Crippen molar-refractivity contribution in [3.8, 4) is 0 Å². The van der Waals surface area contributed by atoms with Crippen LogP contribution in [0.2, 0.25) is 0 Å². The van der Waals surface area contributed by atoms with Crippen molar-refractivity contribution in [3.05, 3.63) is 96.7 Å². The highest BCUT2D eigenvalue weighted by Crippen LogP contribution is 2.01. The lowest BCUT2D eigenvalue weighted by Crippen LogP contribution is -2.23. The van der Waals surface area contributed by atoms with Crippen LogP contribution in [-0.4, -0.2) is 12.5 Å². The molecule has 21 heavy (non-hydrogen) atoms. The number of allylic oxidation sites excluding steroid dienone is 7. The molecule has 0 saturated heterocycles. The maximum absolute atomic E-state index is 11.8. The third-order valence-electron chi connectivity index (χ3n) is 2.64. The molecule has 0 atom stereocenters. The number of rotatable bonds is 7. The van der Waals surface area contributed by atoms with E-state index in [0.29, 0.717) is 12.1 Å². The predicted molar refractivity (Wildman–Crippen MR) is 90.1 cm³/mol. The molecule has 1 amide bonds.